The first-order chi connectivity index (χ1) is 14.5. The van der Waals surface area contributed by atoms with Crippen LogP contribution in [0.3, 0.4) is 0 Å². The number of likely N-dealkylation sites (N-methyl/N-ethyl adjacent to an activating group) is 1. The first kappa shape index (κ1) is 23.1. The Morgan fingerprint density at radius 2 is 1.52 bits per heavy atom. The van der Waals surface area contributed by atoms with E-state index in [1.54, 1.807) is 4.90 Å². The van der Waals surface area contributed by atoms with Gasteiger partial charge in [-0.05, 0) is 66.8 Å². The van der Waals surface area contributed by atoms with Crippen LogP contribution in [-0.4, -0.2) is 54.7 Å². The van der Waals surface area contributed by atoms with Crippen LogP contribution >= 0.6 is 12.4 Å². The van der Waals surface area contributed by atoms with Crippen molar-refractivity contribution in [1.82, 2.24) is 4.90 Å². The highest BCUT2D eigenvalue weighted by Crippen LogP contribution is 2.28. The number of amides is 2. The first-order valence-electron chi connectivity index (χ1n) is 10.8. The number of carboxylic acids is 1. The van der Waals surface area contributed by atoms with Crippen molar-refractivity contribution in [1.29, 1.82) is 0 Å². The van der Waals surface area contributed by atoms with Gasteiger partial charge >= 0.3 is 12.0 Å². The molecule has 0 atom stereocenters. The van der Waals surface area contributed by atoms with Crippen molar-refractivity contribution >= 4 is 35.8 Å². The van der Waals surface area contributed by atoms with Gasteiger partial charge in [0, 0.05) is 44.0 Å². The SMILES string of the molecule is CCN1CCc2ccc(N3CCN(c4ccc(CCC(=O)O)cc4)C3=O)cc2CC1.Cl. The molecule has 2 amide bonds. The average Bonchev–Trinajstić information content (AvgIpc) is 3.01. The lowest BCUT2D eigenvalue weighted by Crippen LogP contribution is -2.31. The number of rotatable bonds is 6. The molecular formula is C24H30ClN3O3. The van der Waals surface area contributed by atoms with E-state index in [1.807, 2.05) is 29.2 Å². The van der Waals surface area contributed by atoms with E-state index in [2.05, 4.69) is 30.0 Å². The molecule has 2 heterocycles. The third kappa shape index (κ3) is 5.20. The van der Waals surface area contributed by atoms with Crippen LogP contribution in [0.1, 0.15) is 30.0 Å². The fourth-order valence-electron chi connectivity index (χ4n) is 4.35. The van der Waals surface area contributed by atoms with E-state index in [4.69, 9.17) is 5.11 Å². The Hall–Kier alpha value is -2.57. The quantitative estimate of drug-likeness (QED) is 0.733. The molecule has 2 aromatic rings. The third-order valence-electron chi connectivity index (χ3n) is 6.23. The molecule has 0 saturated carbocycles. The Balaban J connectivity index is 0.00000272. The van der Waals surface area contributed by atoms with E-state index in [1.165, 1.54) is 11.1 Å². The smallest absolute Gasteiger partial charge is 0.329 e. The number of carbonyl (C=O) groups excluding carboxylic acids is 1. The van der Waals surface area contributed by atoms with Crippen LogP contribution < -0.4 is 9.80 Å². The standard InChI is InChI=1S/C24H29N3O3.ClH/c1-2-25-13-11-19-6-9-22(17-20(19)12-14-25)27-16-15-26(24(27)30)21-7-3-18(4-8-21)5-10-23(28)29;/h3-4,6-9,17H,2,5,10-16H2,1H3,(H,28,29);1H. The molecule has 31 heavy (non-hydrogen) atoms. The number of nitrogens with zero attached hydrogens (tertiary/aromatic N) is 3. The molecule has 1 N–H and O–H groups in total. The molecule has 2 aromatic carbocycles. The summed E-state index contributed by atoms with van der Waals surface area (Å²) in [5, 5.41) is 8.83. The van der Waals surface area contributed by atoms with Gasteiger partial charge in [-0.2, -0.15) is 0 Å². The topological polar surface area (TPSA) is 64.1 Å². The molecule has 0 spiro atoms. The van der Waals surface area contributed by atoms with E-state index < -0.39 is 5.97 Å². The normalized spacial score (nSPS) is 16.6. The van der Waals surface area contributed by atoms with Gasteiger partial charge in [-0.1, -0.05) is 25.1 Å². The molecule has 1 fully saturated rings. The van der Waals surface area contributed by atoms with E-state index in [-0.39, 0.29) is 24.9 Å². The number of hydrogen-bond acceptors (Lipinski definition) is 3. The number of aliphatic carboxylic acids is 1. The summed E-state index contributed by atoms with van der Waals surface area (Å²) in [4.78, 5) is 30.0. The summed E-state index contributed by atoms with van der Waals surface area (Å²) >= 11 is 0. The lowest BCUT2D eigenvalue weighted by Gasteiger charge is -2.20. The van der Waals surface area contributed by atoms with Crippen molar-refractivity contribution in [3.8, 4) is 0 Å². The molecule has 0 aliphatic carbocycles. The van der Waals surface area contributed by atoms with Crippen LogP contribution in [0.5, 0.6) is 0 Å². The molecule has 4 rings (SSSR count). The highest BCUT2D eigenvalue weighted by molar-refractivity contribution is 6.06. The van der Waals surface area contributed by atoms with Gasteiger partial charge in [-0.25, -0.2) is 4.79 Å². The van der Waals surface area contributed by atoms with Gasteiger partial charge in [0.1, 0.15) is 0 Å². The minimum absolute atomic E-state index is 0. The number of carbonyl (C=O) groups is 2. The molecule has 0 bridgehead atoms. The number of fused-ring (bicyclic) bond motifs is 1. The Labute approximate surface area is 189 Å². The molecule has 2 aliphatic rings. The van der Waals surface area contributed by atoms with Crippen LogP contribution in [-0.2, 0) is 24.1 Å². The number of urea groups is 1. The summed E-state index contributed by atoms with van der Waals surface area (Å²) < 4.78 is 0. The first-order valence-corrected chi connectivity index (χ1v) is 10.8. The average molecular weight is 444 g/mol. The lowest BCUT2D eigenvalue weighted by molar-refractivity contribution is -0.136. The van der Waals surface area contributed by atoms with Gasteiger partial charge in [0.2, 0.25) is 0 Å². The van der Waals surface area contributed by atoms with Crippen LogP contribution in [0, 0.1) is 0 Å². The summed E-state index contributed by atoms with van der Waals surface area (Å²) in [5.41, 5.74) is 5.56. The monoisotopic (exact) mass is 443 g/mol. The van der Waals surface area contributed by atoms with Crippen LogP contribution in [0.4, 0.5) is 16.2 Å². The van der Waals surface area contributed by atoms with Crippen molar-refractivity contribution in [2.75, 3.05) is 42.5 Å². The highest BCUT2D eigenvalue weighted by atomic mass is 35.5. The molecule has 7 heteroatoms. The van der Waals surface area contributed by atoms with Crippen molar-refractivity contribution in [2.24, 2.45) is 0 Å². The summed E-state index contributed by atoms with van der Waals surface area (Å²) in [5.74, 6) is -0.799. The molecule has 0 radical (unpaired) electrons. The summed E-state index contributed by atoms with van der Waals surface area (Å²) in [7, 11) is 0. The number of benzene rings is 2. The van der Waals surface area contributed by atoms with Crippen molar-refractivity contribution in [3.63, 3.8) is 0 Å². The lowest BCUT2D eigenvalue weighted by atomic mass is 10.0. The van der Waals surface area contributed by atoms with Crippen LogP contribution in [0.25, 0.3) is 0 Å². The van der Waals surface area contributed by atoms with E-state index >= 15 is 0 Å². The van der Waals surface area contributed by atoms with Gasteiger partial charge < -0.3 is 10.0 Å². The van der Waals surface area contributed by atoms with Crippen LogP contribution in [0.2, 0.25) is 0 Å². The Bertz CT molecular complexity index is 932. The third-order valence-corrected chi connectivity index (χ3v) is 6.23. The Morgan fingerprint density at radius 3 is 2.16 bits per heavy atom. The molecule has 0 aromatic heterocycles. The maximum Gasteiger partial charge on any atom is 0.329 e. The largest absolute Gasteiger partial charge is 0.481 e. The predicted octanol–water partition coefficient (Wildman–Crippen LogP) is 3.99. The maximum atomic E-state index is 13.1. The molecule has 2 aliphatic heterocycles. The summed E-state index contributed by atoms with van der Waals surface area (Å²) in [6, 6.07) is 14.1. The molecule has 6 nitrogen and oxygen atoms in total. The second kappa shape index (κ2) is 10.2. The Morgan fingerprint density at radius 1 is 0.903 bits per heavy atom. The summed E-state index contributed by atoms with van der Waals surface area (Å²) in [6.45, 7) is 6.77. The number of anilines is 2. The zero-order chi connectivity index (χ0) is 21.1. The molecule has 166 valence electrons. The number of hydrogen-bond donors (Lipinski definition) is 1. The van der Waals surface area contributed by atoms with Gasteiger partial charge in [0.15, 0.2) is 0 Å². The zero-order valence-electron chi connectivity index (χ0n) is 17.9. The van der Waals surface area contributed by atoms with E-state index in [0.29, 0.717) is 19.5 Å². The van der Waals surface area contributed by atoms with E-state index in [9.17, 15) is 9.59 Å². The summed E-state index contributed by atoms with van der Waals surface area (Å²) in [6.07, 6.45) is 2.71. The zero-order valence-corrected chi connectivity index (χ0v) is 18.7. The molecular weight excluding hydrogens is 414 g/mol. The molecule has 1 saturated heterocycles. The highest BCUT2D eigenvalue weighted by Gasteiger charge is 2.31. The van der Waals surface area contributed by atoms with Gasteiger partial charge in [0.25, 0.3) is 0 Å². The van der Waals surface area contributed by atoms with E-state index in [0.717, 1.165) is 49.4 Å². The van der Waals surface area contributed by atoms with Gasteiger partial charge in [-0.3, -0.25) is 14.6 Å². The second-order valence-corrected chi connectivity index (χ2v) is 8.03. The van der Waals surface area contributed by atoms with Crippen molar-refractivity contribution in [2.45, 2.75) is 32.6 Å². The van der Waals surface area contributed by atoms with Crippen molar-refractivity contribution in [3.05, 3.63) is 59.2 Å². The second-order valence-electron chi connectivity index (χ2n) is 8.03. The fraction of sp³-hybridized carbons (Fsp3) is 0.417. The molecule has 0 unspecified atom stereocenters. The minimum Gasteiger partial charge on any atom is -0.481 e. The number of carboxylic acid groups (broad SMARTS) is 1. The fourth-order valence-corrected chi connectivity index (χ4v) is 4.35. The Kier molecular flexibility index (Phi) is 7.57. The number of aryl methyl sites for hydroxylation is 1. The minimum atomic E-state index is -0.799. The van der Waals surface area contributed by atoms with Crippen LogP contribution in [0.15, 0.2) is 42.5 Å². The van der Waals surface area contributed by atoms with Crippen molar-refractivity contribution < 1.29 is 14.7 Å². The van der Waals surface area contributed by atoms with Gasteiger partial charge in [0.05, 0.1) is 0 Å². The predicted molar refractivity (Wildman–Crippen MR) is 126 cm³/mol. The van der Waals surface area contributed by atoms with Gasteiger partial charge in [-0.15, -0.1) is 12.4 Å². The maximum absolute atomic E-state index is 13.1. The number of halogens is 1.